The van der Waals surface area contributed by atoms with Crippen molar-refractivity contribution < 1.29 is 18.1 Å². The van der Waals surface area contributed by atoms with Gasteiger partial charge in [-0.3, -0.25) is 10.1 Å². The van der Waals surface area contributed by atoms with Crippen molar-refractivity contribution in [1.82, 2.24) is 0 Å². The molecule has 0 amide bonds. The van der Waals surface area contributed by atoms with E-state index >= 15 is 0 Å². The molecule has 5 nitrogen and oxygen atoms in total. The number of rotatable bonds is 5. The van der Waals surface area contributed by atoms with Crippen molar-refractivity contribution in [2.45, 2.75) is 11.7 Å². The fourth-order valence-corrected chi connectivity index (χ4v) is 4.37. The van der Waals surface area contributed by atoms with Crippen LogP contribution in [0.15, 0.2) is 84.3 Å². The van der Waals surface area contributed by atoms with Crippen LogP contribution < -0.4 is 10.2 Å². The van der Waals surface area contributed by atoms with Crippen molar-refractivity contribution in [3.8, 4) is 0 Å². The molecule has 1 N–H and O–H groups in total. The number of non-ortho nitro benzene ring substituents is 1. The second-order valence-corrected chi connectivity index (χ2v) is 7.65. The van der Waals surface area contributed by atoms with Crippen LogP contribution in [0.5, 0.6) is 0 Å². The molecule has 0 bridgehead atoms. The van der Waals surface area contributed by atoms with Gasteiger partial charge in [0.05, 0.1) is 21.9 Å². The molecule has 9 heteroatoms. The Morgan fingerprint density at radius 3 is 2.39 bits per heavy atom. The van der Waals surface area contributed by atoms with Crippen LogP contribution in [-0.4, -0.2) is 10.4 Å². The molecule has 1 aliphatic rings. The van der Waals surface area contributed by atoms with Gasteiger partial charge in [0.25, 0.3) is 5.69 Å². The predicted octanol–water partition coefficient (Wildman–Crippen LogP) is 6.56. The van der Waals surface area contributed by atoms with E-state index in [4.69, 9.17) is 0 Å². The van der Waals surface area contributed by atoms with Crippen LogP contribution in [0.25, 0.3) is 5.70 Å². The molecule has 0 saturated carbocycles. The quantitative estimate of drug-likeness (QED) is 0.357. The summed E-state index contributed by atoms with van der Waals surface area (Å²) in [5.74, 6) is 0. The number of nitro benzene ring substituents is 1. The van der Waals surface area contributed by atoms with Gasteiger partial charge in [0, 0.05) is 23.4 Å². The zero-order chi connectivity index (χ0) is 22.0. The SMILES string of the molecule is O=[N+]([O-])c1cccc(C2=CSC(Nc3ccccc3)N2c2ccccc2C(F)(F)F)c1. The van der Waals surface area contributed by atoms with E-state index in [0.29, 0.717) is 11.3 Å². The molecule has 0 aliphatic carbocycles. The average Bonchev–Trinajstić information content (AvgIpc) is 3.17. The Hall–Kier alpha value is -3.46. The van der Waals surface area contributed by atoms with E-state index in [-0.39, 0.29) is 11.4 Å². The molecule has 0 saturated heterocycles. The maximum absolute atomic E-state index is 13.8. The van der Waals surface area contributed by atoms with Gasteiger partial charge in [-0.1, -0.05) is 54.2 Å². The summed E-state index contributed by atoms with van der Waals surface area (Å²) in [6.45, 7) is 0. The molecular formula is C22H16F3N3O2S. The van der Waals surface area contributed by atoms with Crippen molar-refractivity contribution in [2.75, 3.05) is 10.2 Å². The number of anilines is 2. The molecule has 4 rings (SSSR count). The van der Waals surface area contributed by atoms with E-state index in [0.717, 1.165) is 11.8 Å². The highest BCUT2D eigenvalue weighted by Gasteiger charge is 2.39. The highest BCUT2D eigenvalue weighted by molar-refractivity contribution is 8.03. The molecule has 0 radical (unpaired) electrons. The lowest BCUT2D eigenvalue weighted by molar-refractivity contribution is -0.384. The highest BCUT2D eigenvalue weighted by Crippen LogP contribution is 2.46. The minimum atomic E-state index is -4.56. The summed E-state index contributed by atoms with van der Waals surface area (Å²) in [5.41, 5.74) is 0.102. The molecule has 0 fully saturated rings. The smallest absolute Gasteiger partial charge is 0.356 e. The molecule has 1 aliphatic heterocycles. The summed E-state index contributed by atoms with van der Waals surface area (Å²) >= 11 is 1.29. The molecule has 158 valence electrons. The Bertz CT molecular complexity index is 1140. The first-order valence-corrected chi connectivity index (χ1v) is 10.2. The van der Waals surface area contributed by atoms with Crippen molar-refractivity contribution in [3.05, 3.63) is 106 Å². The Labute approximate surface area is 180 Å². The molecular weight excluding hydrogens is 427 g/mol. The van der Waals surface area contributed by atoms with E-state index in [2.05, 4.69) is 5.32 Å². The third-order valence-corrected chi connectivity index (χ3v) is 5.63. The number of para-hydroxylation sites is 2. The maximum atomic E-state index is 13.8. The minimum absolute atomic E-state index is 0.0359. The van der Waals surface area contributed by atoms with Gasteiger partial charge in [0.2, 0.25) is 0 Å². The number of hydrogen-bond donors (Lipinski definition) is 1. The van der Waals surface area contributed by atoms with Gasteiger partial charge in [0.15, 0.2) is 5.50 Å². The van der Waals surface area contributed by atoms with Crippen LogP contribution in [0.4, 0.5) is 30.2 Å². The number of nitrogens with one attached hydrogen (secondary N) is 1. The number of nitrogens with zero attached hydrogens (tertiary/aromatic N) is 2. The predicted molar refractivity (Wildman–Crippen MR) is 116 cm³/mol. The molecule has 3 aromatic rings. The van der Waals surface area contributed by atoms with Crippen LogP contribution in [0.3, 0.4) is 0 Å². The van der Waals surface area contributed by atoms with Gasteiger partial charge >= 0.3 is 6.18 Å². The van der Waals surface area contributed by atoms with Gasteiger partial charge < -0.3 is 10.2 Å². The lowest BCUT2D eigenvalue weighted by Gasteiger charge is -2.32. The van der Waals surface area contributed by atoms with E-state index in [1.165, 1.54) is 53.1 Å². The van der Waals surface area contributed by atoms with E-state index in [9.17, 15) is 23.3 Å². The number of nitro groups is 1. The van der Waals surface area contributed by atoms with Gasteiger partial charge in [0.1, 0.15) is 0 Å². The van der Waals surface area contributed by atoms with Gasteiger partial charge in [-0.2, -0.15) is 13.2 Å². The monoisotopic (exact) mass is 443 g/mol. The van der Waals surface area contributed by atoms with Crippen LogP contribution >= 0.6 is 11.8 Å². The summed E-state index contributed by atoms with van der Waals surface area (Å²) in [6, 6.07) is 20.3. The standard InChI is InChI=1S/C22H16F3N3O2S/c23-22(24,25)18-11-4-5-12-19(18)27-20(15-7-6-10-17(13-15)28(29)30)14-31-21(27)26-16-8-2-1-3-9-16/h1-14,21,26H. The Balaban J connectivity index is 1.81. The van der Waals surface area contributed by atoms with Crippen molar-refractivity contribution >= 4 is 34.5 Å². The summed E-state index contributed by atoms with van der Waals surface area (Å²) in [6.07, 6.45) is -4.56. The van der Waals surface area contributed by atoms with Crippen molar-refractivity contribution in [1.29, 1.82) is 0 Å². The first kappa shape index (κ1) is 20.8. The molecule has 1 heterocycles. The molecule has 1 atom stereocenters. The Morgan fingerprint density at radius 1 is 0.968 bits per heavy atom. The van der Waals surface area contributed by atoms with Gasteiger partial charge in [-0.15, -0.1) is 0 Å². The number of benzene rings is 3. The summed E-state index contributed by atoms with van der Waals surface area (Å²) in [4.78, 5) is 12.2. The van der Waals surface area contributed by atoms with Crippen LogP contribution in [0.1, 0.15) is 11.1 Å². The van der Waals surface area contributed by atoms with E-state index in [1.807, 2.05) is 30.3 Å². The summed E-state index contributed by atoms with van der Waals surface area (Å²) < 4.78 is 41.4. The normalized spacial score (nSPS) is 16.2. The molecule has 1 unspecified atom stereocenters. The number of alkyl halides is 3. The van der Waals surface area contributed by atoms with E-state index in [1.54, 1.807) is 11.5 Å². The van der Waals surface area contributed by atoms with E-state index < -0.39 is 22.2 Å². The van der Waals surface area contributed by atoms with Gasteiger partial charge in [-0.05, 0) is 29.7 Å². The average molecular weight is 443 g/mol. The fraction of sp³-hybridized carbons (Fsp3) is 0.0909. The highest BCUT2D eigenvalue weighted by atomic mass is 32.2. The largest absolute Gasteiger partial charge is 0.418 e. The zero-order valence-electron chi connectivity index (χ0n) is 15.9. The Kier molecular flexibility index (Phi) is 5.60. The number of halogens is 3. The lowest BCUT2D eigenvalue weighted by Crippen LogP contribution is -2.35. The Morgan fingerprint density at radius 2 is 1.68 bits per heavy atom. The summed E-state index contributed by atoms with van der Waals surface area (Å²) in [7, 11) is 0. The van der Waals surface area contributed by atoms with Gasteiger partial charge in [-0.25, -0.2) is 0 Å². The fourth-order valence-electron chi connectivity index (χ4n) is 3.31. The first-order chi connectivity index (χ1) is 14.8. The zero-order valence-corrected chi connectivity index (χ0v) is 16.7. The number of hydrogen-bond acceptors (Lipinski definition) is 5. The molecule has 3 aromatic carbocycles. The second kappa shape index (κ2) is 8.35. The topological polar surface area (TPSA) is 58.4 Å². The maximum Gasteiger partial charge on any atom is 0.418 e. The molecule has 0 spiro atoms. The first-order valence-electron chi connectivity index (χ1n) is 9.22. The third-order valence-electron chi connectivity index (χ3n) is 4.69. The molecule has 31 heavy (non-hydrogen) atoms. The summed E-state index contributed by atoms with van der Waals surface area (Å²) in [5, 5.41) is 16.2. The van der Waals surface area contributed by atoms with Crippen LogP contribution in [0, 0.1) is 10.1 Å². The van der Waals surface area contributed by atoms with Crippen LogP contribution in [-0.2, 0) is 6.18 Å². The van der Waals surface area contributed by atoms with Crippen molar-refractivity contribution in [2.24, 2.45) is 0 Å². The second-order valence-electron chi connectivity index (χ2n) is 6.69. The number of thioether (sulfide) groups is 1. The lowest BCUT2D eigenvalue weighted by atomic mass is 10.1. The minimum Gasteiger partial charge on any atom is -0.356 e. The van der Waals surface area contributed by atoms with Crippen LogP contribution in [0.2, 0.25) is 0 Å². The van der Waals surface area contributed by atoms with Crippen molar-refractivity contribution in [3.63, 3.8) is 0 Å². The molecule has 0 aromatic heterocycles. The third kappa shape index (κ3) is 4.36.